The second-order valence-corrected chi connectivity index (χ2v) is 6.22. The van der Waals surface area contributed by atoms with Crippen LogP contribution in [0.4, 0.5) is 0 Å². The fourth-order valence-corrected chi connectivity index (χ4v) is 3.32. The topological polar surface area (TPSA) is 20.3 Å². The minimum absolute atomic E-state index is 0.0593. The van der Waals surface area contributed by atoms with Gasteiger partial charge >= 0.3 is 0 Å². The lowest BCUT2D eigenvalue weighted by atomic mass is 10.4. The Labute approximate surface area is 90.8 Å². The molecule has 4 heteroatoms. The smallest absolute Gasteiger partial charge is 0.219 e. The molecule has 2 nitrogen and oxygen atoms in total. The summed E-state index contributed by atoms with van der Waals surface area (Å²) in [5.74, 6) is 0.0593. The van der Waals surface area contributed by atoms with Gasteiger partial charge in [0.1, 0.15) is 0 Å². The summed E-state index contributed by atoms with van der Waals surface area (Å²) in [7, 11) is 0.642. The van der Waals surface area contributed by atoms with Crippen LogP contribution in [-0.4, -0.2) is 32.1 Å². The maximum absolute atomic E-state index is 11.0. The Hall–Kier alpha value is -0.803. The maximum atomic E-state index is 11.0. The SMILES string of the molecule is CC(=O)N(C)C[Si](Cl)c1ccccc1. The third-order valence-corrected chi connectivity index (χ3v) is 4.73. The summed E-state index contributed by atoms with van der Waals surface area (Å²) < 4.78 is 0. The molecule has 0 saturated heterocycles. The van der Waals surface area contributed by atoms with Crippen LogP contribution in [0.2, 0.25) is 0 Å². The van der Waals surface area contributed by atoms with Crippen molar-refractivity contribution in [2.75, 3.05) is 13.2 Å². The van der Waals surface area contributed by atoms with Crippen molar-refractivity contribution in [3.05, 3.63) is 30.3 Å². The zero-order valence-electron chi connectivity index (χ0n) is 8.33. The van der Waals surface area contributed by atoms with E-state index in [0.29, 0.717) is 6.17 Å². The second-order valence-electron chi connectivity index (χ2n) is 3.15. The first-order valence-electron chi connectivity index (χ1n) is 4.39. The van der Waals surface area contributed by atoms with Gasteiger partial charge in [-0.3, -0.25) is 4.79 Å². The first-order chi connectivity index (χ1) is 6.61. The Morgan fingerprint density at radius 1 is 1.43 bits per heavy atom. The van der Waals surface area contributed by atoms with Crippen LogP contribution >= 0.6 is 11.1 Å². The van der Waals surface area contributed by atoms with Crippen LogP contribution in [0.15, 0.2) is 30.3 Å². The molecule has 0 unspecified atom stereocenters. The number of rotatable bonds is 3. The molecule has 1 rings (SSSR count). The van der Waals surface area contributed by atoms with Gasteiger partial charge in [-0.2, -0.15) is 11.1 Å². The van der Waals surface area contributed by atoms with Gasteiger partial charge in [-0.1, -0.05) is 30.3 Å². The molecule has 1 radical (unpaired) electrons. The van der Waals surface area contributed by atoms with Crippen molar-refractivity contribution in [3.63, 3.8) is 0 Å². The molecule has 0 bridgehead atoms. The molecule has 0 aliphatic rings. The Morgan fingerprint density at radius 3 is 2.50 bits per heavy atom. The fraction of sp³-hybridized carbons (Fsp3) is 0.300. The molecule has 0 fully saturated rings. The zero-order chi connectivity index (χ0) is 10.6. The highest BCUT2D eigenvalue weighted by Gasteiger charge is 2.14. The van der Waals surface area contributed by atoms with Crippen molar-refractivity contribution in [1.82, 2.24) is 4.90 Å². The Morgan fingerprint density at radius 2 is 2.00 bits per heavy atom. The third kappa shape index (κ3) is 3.16. The number of carbonyl (C=O) groups excluding carboxylic acids is 1. The number of amides is 1. The number of nitrogens with zero attached hydrogens (tertiary/aromatic N) is 1. The molecule has 14 heavy (non-hydrogen) atoms. The van der Waals surface area contributed by atoms with Crippen LogP contribution in [0.5, 0.6) is 0 Å². The molecule has 0 N–H and O–H groups in total. The van der Waals surface area contributed by atoms with E-state index in [2.05, 4.69) is 0 Å². The molecule has 75 valence electrons. The largest absolute Gasteiger partial charge is 0.347 e. The highest BCUT2D eigenvalue weighted by Crippen LogP contribution is 1.96. The van der Waals surface area contributed by atoms with Gasteiger partial charge in [0, 0.05) is 20.1 Å². The van der Waals surface area contributed by atoms with Crippen molar-refractivity contribution in [2.24, 2.45) is 0 Å². The molecule has 1 aromatic rings. The van der Waals surface area contributed by atoms with Crippen molar-refractivity contribution in [3.8, 4) is 0 Å². The van der Waals surface area contributed by atoms with Crippen molar-refractivity contribution in [1.29, 1.82) is 0 Å². The standard InChI is InChI=1S/C10H13ClNOSi/c1-9(13)12(2)8-14(11)10-6-4-3-5-7-10/h3-7H,8H2,1-2H3. The lowest BCUT2D eigenvalue weighted by Crippen LogP contribution is -2.39. The first kappa shape index (κ1) is 11.3. The number of halogens is 1. The predicted molar refractivity (Wildman–Crippen MR) is 61.0 cm³/mol. The summed E-state index contributed by atoms with van der Waals surface area (Å²) in [5, 5.41) is 1.15. The van der Waals surface area contributed by atoms with Gasteiger partial charge in [-0.25, -0.2) is 0 Å². The molecule has 1 amide bonds. The molecule has 0 atom stereocenters. The maximum Gasteiger partial charge on any atom is 0.219 e. The summed E-state index contributed by atoms with van der Waals surface area (Å²) in [4.78, 5) is 12.7. The minimum Gasteiger partial charge on any atom is -0.347 e. The molecule has 0 saturated carbocycles. The van der Waals surface area contributed by atoms with E-state index in [-0.39, 0.29) is 5.91 Å². The average Bonchev–Trinajstić information content (AvgIpc) is 2.19. The second kappa shape index (κ2) is 5.17. The minimum atomic E-state index is -1.13. The quantitative estimate of drug-likeness (QED) is 0.559. The first-order valence-corrected chi connectivity index (χ1v) is 7.11. The summed E-state index contributed by atoms with van der Waals surface area (Å²) >= 11 is 6.25. The van der Waals surface area contributed by atoms with Crippen molar-refractivity contribution < 1.29 is 4.79 Å². The molecule has 0 heterocycles. The normalized spacial score (nSPS) is 10.3. The molecule has 1 aromatic carbocycles. The van der Waals surface area contributed by atoms with Crippen molar-refractivity contribution >= 4 is 30.3 Å². The zero-order valence-corrected chi connectivity index (χ0v) is 10.1. The number of hydrogen-bond acceptors (Lipinski definition) is 1. The van der Waals surface area contributed by atoms with Gasteiger partial charge in [0.15, 0.2) is 0 Å². The summed E-state index contributed by atoms with van der Waals surface area (Å²) in [5.41, 5.74) is 0. The van der Waals surface area contributed by atoms with E-state index in [4.69, 9.17) is 11.1 Å². The summed E-state index contributed by atoms with van der Waals surface area (Å²) in [6.45, 7) is 1.55. The Kier molecular flexibility index (Phi) is 4.16. The summed E-state index contributed by atoms with van der Waals surface area (Å²) in [6.07, 6.45) is 0.644. The van der Waals surface area contributed by atoms with E-state index in [1.54, 1.807) is 18.9 Å². The summed E-state index contributed by atoms with van der Waals surface area (Å²) in [6, 6.07) is 9.92. The molecule has 0 aliphatic carbocycles. The van der Waals surface area contributed by atoms with Gasteiger partial charge < -0.3 is 4.90 Å². The molecule has 0 aliphatic heterocycles. The monoisotopic (exact) mass is 226 g/mol. The molecule has 0 spiro atoms. The third-order valence-electron chi connectivity index (χ3n) is 2.00. The Bertz CT molecular complexity index is 304. The van der Waals surface area contributed by atoms with Gasteiger partial charge in [0.25, 0.3) is 0 Å². The lowest BCUT2D eigenvalue weighted by Gasteiger charge is -2.17. The molecule has 0 aromatic heterocycles. The van der Waals surface area contributed by atoms with E-state index in [1.807, 2.05) is 30.3 Å². The number of carbonyl (C=O) groups is 1. The van der Waals surface area contributed by atoms with E-state index in [9.17, 15) is 4.79 Å². The Balaban J connectivity index is 2.59. The van der Waals surface area contributed by atoms with Crippen molar-refractivity contribution in [2.45, 2.75) is 6.92 Å². The molecular weight excluding hydrogens is 214 g/mol. The van der Waals surface area contributed by atoms with E-state index in [0.717, 1.165) is 5.19 Å². The van der Waals surface area contributed by atoms with Gasteiger partial charge in [-0.05, 0) is 5.19 Å². The number of benzene rings is 1. The predicted octanol–water partition coefficient (Wildman–Crippen LogP) is 1.14. The van der Waals surface area contributed by atoms with E-state index in [1.165, 1.54) is 0 Å². The van der Waals surface area contributed by atoms with Crippen LogP contribution in [0.3, 0.4) is 0 Å². The number of hydrogen-bond donors (Lipinski definition) is 0. The van der Waals surface area contributed by atoms with Crippen LogP contribution in [0.25, 0.3) is 0 Å². The van der Waals surface area contributed by atoms with E-state index < -0.39 is 8.11 Å². The average molecular weight is 227 g/mol. The molecular formula is C10H13ClNOSi. The van der Waals surface area contributed by atoms with Crippen LogP contribution in [-0.2, 0) is 4.79 Å². The van der Waals surface area contributed by atoms with Crippen LogP contribution in [0.1, 0.15) is 6.92 Å². The van der Waals surface area contributed by atoms with Crippen LogP contribution in [0, 0.1) is 0 Å². The fourth-order valence-electron chi connectivity index (χ4n) is 1.03. The van der Waals surface area contributed by atoms with Gasteiger partial charge in [0.05, 0.1) is 0 Å². The van der Waals surface area contributed by atoms with Gasteiger partial charge in [-0.15, -0.1) is 0 Å². The highest BCUT2D eigenvalue weighted by atomic mass is 35.6. The van der Waals surface area contributed by atoms with Gasteiger partial charge in [0.2, 0.25) is 14.0 Å². The van der Waals surface area contributed by atoms with Crippen LogP contribution < -0.4 is 5.19 Å². The highest BCUT2D eigenvalue weighted by molar-refractivity contribution is 7.14. The lowest BCUT2D eigenvalue weighted by molar-refractivity contribution is -0.126. The van der Waals surface area contributed by atoms with E-state index >= 15 is 0 Å².